The zero-order chi connectivity index (χ0) is 37.0. The number of hydrogen-bond donors (Lipinski definition) is 0. The molecule has 0 aliphatic heterocycles. The first-order valence-electron chi connectivity index (χ1n) is 18.5. The van der Waals surface area contributed by atoms with Crippen LogP contribution in [-0.2, 0) is 0 Å². The molecule has 0 fully saturated rings. The predicted molar refractivity (Wildman–Crippen MR) is 224 cm³/mol. The minimum atomic E-state index is 0.467. The van der Waals surface area contributed by atoms with E-state index in [-0.39, 0.29) is 0 Å². The SMILES string of the molecule is c1ccc(-c2cccc(-c3nc(-c4cccc(-c5ccccc5)c4)nc(-n4c5cccnc5c5nc6c7ncccc7n(-c7ccccc7)c6cc54)n3)c2)cc1. The third-order valence-corrected chi connectivity index (χ3v) is 10.3. The second-order valence-corrected chi connectivity index (χ2v) is 13.6. The Morgan fingerprint density at radius 3 is 1.32 bits per heavy atom. The fourth-order valence-corrected chi connectivity index (χ4v) is 7.69. The van der Waals surface area contributed by atoms with E-state index in [1.807, 2.05) is 54.7 Å². The molecule has 0 radical (unpaired) electrons. The molecule has 5 aromatic carbocycles. The molecule has 0 bridgehead atoms. The molecule has 11 rings (SSSR count). The van der Waals surface area contributed by atoms with E-state index >= 15 is 0 Å². The zero-order valence-corrected chi connectivity index (χ0v) is 29.9. The summed E-state index contributed by atoms with van der Waals surface area (Å²) >= 11 is 0. The number of fused-ring (bicyclic) bond motifs is 6. The van der Waals surface area contributed by atoms with Gasteiger partial charge in [0.25, 0.3) is 0 Å². The highest BCUT2D eigenvalue weighted by molar-refractivity contribution is 6.13. The van der Waals surface area contributed by atoms with E-state index in [2.05, 4.69) is 130 Å². The predicted octanol–water partition coefficient (Wildman–Crippen LogP) is 10.9. The lowest BCUT2D eigenvalue weighted by Crippen LogP contribution is -2.06. The maximum absolute atomic E-state index is 5.34. The average Bonchev–Trinajstić information content (AvgIpc) is 3.78. The summed E-state index contributed by atoms with van der Waals surface area (Å²) in [6.07, 6.45) is 3.62. The summed E-state index contributed by atoms with van der Waals surface area (Å²) < 4.78 is 4.29. The van der Waals surface area contributed by atoms with Gasteiger partial charge < -0.3 is 4.57 Å². The maximum atomic E-state index is 5.34. The molecule has 6 heterocycles. The van der Waals surface area contributed by atoms with Gasteiger partial charge in [-0.2, -0.15) is 9.97 Å². The van der Waals surface area contributed by atoms with Crippen molar-refractivity contribution in [3.05, 3.63) is 182 Å². The highest BCUT2D eigenvalue weighted by atomic mass is 15.2. The van der Waals surface area contributed by atoms with Crippen LogP contribution in [0.5, 0.6) is 0 Å². The van der Waals surface area contributed by atoms with Gasteiger partial charge >= 0.3 is 0 Å². The molecule has 8 heteroatoms. The molecule has 11 aromatic rings. The number of para-hydroxylation sites is 1. The number of rotatable bonds is 6. The number of aromatic nitrogens is 8. The van der Waals surface area contributed by atoms with Crippen molar-refractivity contribution < 1.29 is 0 Å². The van der Waals surface area contributed by atoms with Gasteiger partial charge in [-0.05, 0) is 76.9 Å². The van der Waals surface area contributed by atoms with Gasteiger partial charge in [-0.25, -0.2) is 9.97 Å². The maximum Gasteiger partial charge on any atom is 0.238 e. The molecule has 8 nitrogen and oxygen atoms in total. The van der Waals surface area contributed by atoms with Crippen molar-refractivity contribution in [1.29, 1.82) is 0 Å². The number of benzene rings is 5. The molecule has 0 aliphatic carbocycles. The van der Waals surface area contributed by atoms with Crippen LogP contribution in [0.3, 0.4) is 0 Å². The first-order chi connectivity index (χ1) is 27.8. The van der Waals surface area contributed by atoms with Crippen molar-refractivity contribution in [2.24, 2.45) is 0 Å². The van der Waals surface area contributed by atoms with Crippen LogP contribution in [0.4, 0.5) is 0 Å². The monoisotopic (exact) mass is 718 g/mol. The fraction of sp³-hybridized carbons (Fsp3) is 0. The Hall–Kier alpha value is -7.84. The lowest BCUT2D eigenvalue weighted by Gasteiger charge is -2.12. The van der Waals surface area contributed by atoms with Gasteiger partial charge in [0.1, 0.15) is 22.1 Å². The molecule has 0 N–H and O–H groups in total. The highest BCUT2D eigenvalue weighted by Gasteiger charge is 2.23. The minimum Gasteiger partial charge on any atom is -0.306 e. The van der Waals surface area contributed by atoms with Gasteiger partial charge in [-0.3, -0.25) is 14.5 Å². The summed E-state index contributed by atoms with van der Waals surface area (Å²) in [7, 11) is 0. The first kappa shape index (κ1) is 31.7. The van der Waals surface area contributed by atoms with Gasteiger partial charge in [-0.15, -0.1) is 0 Å². The fourth-order valence-electron chi connectivity index (χ4n) is 7.69. The quantitative estimate of drug-likeness (QED) is 0.170. The molecule has 0 aliphatic rings. The Bertz CT molecular complexity index is 3140. The normalized spacial score (nSPS) is 11.6. The number of pyridine rings is 3. The molecule has 0 saturated heterocycles. The summed E-state index contributed by atoms with van der Waals surface area (Å²) in [5.74, 6) is 1.58. The van der Waals surface area contributed by atoms with E-state index in [1.54, 1.807) is 6.20 Å². The van der Waals surface area contributed by atoms with Crippen LogP contribution in [0.15, 0.2) is 182 Å². The molecule has 262 valence electrons. The van der Waals surface area contributed by atoms with Crippen molar-refractivity contribution in [2.45, 2.75) is 0 Å². The Morgan fingerprint density at radius 2 is 0.768 bits per heavy atom. The zero-order valence-electron chi connectivity index (χ0n) is 29.9. The molecular weight excluding hydrogens is 689 g/mol. The Morgan fingerprint density at radius 1 is 0.304 bits per heavy atom. The van der Waals surface area contributed by atoms with Crippen LogP contribution in [0, 0.1) is 0 Å². The minimum absolute atomic E-state index is 0.467. The summed E-state index contributed by atoms with van der Waals surface area (Å²) in [6, 6.07) is 58.0. The van der Waals surface area contributed by atoms with Gasteiger partial charge in [0, 0.05) is 29.2 Å². The third kappa shape index (κ3) is 5.23. The largest absolute Gasteiger partial charge is 0.306 e. The summed E-state index contributed by atoms with van der Waals surface area (Å²) in [5.41, 5.74) is 13.8. The van der Waals surface area contributed by atoms with Gasteiger partial charge in [0.15, 0.2) is 11.6 Å². The Labute approximate surface area is 321 Å². The van der Waals surface area contributed by atoms with Crippen molar-refractivity contribution in [3.63, 3.8) is 0 Å². The van der Waals surface area contributed by atoms with Crippen molar-refractivity contribution in [3.8, 4) is 56.7 Å². The standard InChI is InChI=1S/C48H30N8/c1-4-14-31(15-5-1)33-18-10-20-35(28-33)46-52-47(36-21-11-19-34(29-36)32-16-6-2-7-17-32)54-48(53-46)56-39-25-13-27-50-43(39)45-41(56)30-40-44(51-45)42-38(24-12-26-49-42)55(40)37-22-8-3-9-23-37/h1-30H. The van der Waals surface area contributed by atoms with Crippen LogP contribution < -0.4 is 0 Å². The van der Waals surface area contributed by atoms with Crippen molar-refractivity contribution in [2.75, 3.05) is 0 Å². The second-order valence-electron chi connectivity index (χ2n) is 13.6. The van der Waals surface area contributed by atoms with Crippen molar-refractivity contribution >= 4 is 44.1 Å². The Balaban J connectivity index is 1.20. The van der Waals surface area contributed by atoms with E-state index in [9.17, 15) is 0 Å². The van der Waals surface area contributed by atoms with Crippen molar-refractivity contribution in [1.82, 2.24) is 39.0 Å². The molecular formula is C48H30N8. The molecule has 0 spiro atoms. The first-order valence-corrected chi connectivity index (χ1v) is 18.5. The average molecular weight is 719 g/mol. The van der Waals surface area contributed by atoms with E-state index in [1.165, 1.54) is 0 Å². The lowest BCUT2D eigenvalue weighted by molar-refractivity contribution is 0.952. The lowest BCUT2D eigenvalue weighted by atomic mass is 10.0. The van der Waals surface area contributed by atoms with Crippen LogP contribution in [-0.4, -0.2) is 39.0 Å². The van der Waals surface area contributed by atoms with Crippen LogP contribution in [0.25, 0.3) is 101 Å². The van der Waals surface area contributed by atoms with Gasteiger partial charge in [0.2, 0.25) is 5.95 Å². The topological polar surface area (TPSA) is 87.2 Å². The summed E-state index contributed by atoms with van der Waals surface area (Å²) in [6.45, 7) is 0. The van der Waals surface area contributed by atoms with E-state index in [4.69, 9.17) is 29.9 Å². The van der Waals surface area contributed by atoms with Crippen LogP contribution in [0.1, 0.15) is 0 Å². The molecule has 0 amide bonds. The smallest absolute Gasteiger partial charge is 0.238 e. The highest BCUT2D eigenvalue weighted by Crippen LogP contribution is 2.37. The van der Waals surface area contributed by atoms with E-state index < -0.39 is 0 Å². The number of nitrogens with zero attached hydrogens (tertiary/aromatic N) is 8. The second kappa shape index (κ2) is 12.9. The third-order valence-electron chi connectivity index (χ3n) is 10.3. The molecule has 56 heavy (non-hydrogen) atoms. The molecule has 0 saturated carbocycles. The van der Waals surface area contributed by atoms with E-state index in [0.717, 1.165) is 83.2 Å². The van der Waals surface area contributed by atoms with E-state index in [0.29, 0.717) is 17.6 Å². The molecule has 6 aromatic heterocycles. The van der Waals surface area contributed by atoms with Gasteiger partial charge in [0.05, 0.1) is 22.1 Å². The van der Waals surface area contributed by atoms with Gasteiger partial charge in [-0.1, -0.05) is 115 Å². The number of hydrogen-bond acceptors (Lipinski definition) is 6. The molecule has 0 unspecified atom stereocenters. The summed E-state index contributed by atoms with van der Waals surface area (Å²) in [5, 5.41) is 0. The van der Waals surface area contributed by atoms with Crippen LogP contribution in [0.2, 0.25) is 0 Å². The molecule has 0 atom stereocenters. The summed E-state index contributed by atoms with van der Waals surface area (Å²) in [4.78, 5) is 30.7. The Kier molecular flexibility index (Phi) is 7.31. The van der Waals surface area contributed by atoms with Crippen LogP contribution >= 0.6 is 0 Å².